The van der Waals surface area contributed by atoms with E-state index in [0.717, 1.165) is 28.2 Å². The minimum Gasteiger partial charge on any atom is -0.310 e. The van der Waals surface area contributed by atoms with Gasteiger partial charge in [0.25, 0.3) is 0 Å². The summed E-state index contributed by atoms with van der Waals surface area (Å²) in [6.45, 7) is 0. The van der Waals surface area contributed by atoms with E-state index in [9.17, 15) is 0 Å². The van der Waals surface area contributed by atoms with Crippen molar-refractivity contribution >= 4 is 49.6 Å². The first-order valence-corrected chi connectivity index (χ1v) is 25.3. The van der Waals surface area contributed by atoms with E-state index in [2.05, 4.69) is 289 Å². The molecule has 2 heterocycles. The van der Waals surface area contributed by atoms with Gasteiger partial charge in [0.05, 0.1) is 27.8 Å². The summed E-state index contributed by atoms with van der Waals surface area (Å²) in [7, 11) is 0. The Morgan fingerprint density at radius 3 is 1.62 bits per heavy atom. The van der Waals surface area contributed by atoms with Crippen LogP contribution in [0.4, 0.5) is 17.1 Å². The lowest BCUT2D eigenvalue weighted by atomic mass is 9.65. The molecule has 73 heavy (non-hydrogen) atoms. The predicted octanol–water partition coefficient (Wildman–Crippen LogP) is 18.8. The molecule has 1 atom stereocenters. The zero-order chi connectivity index (χ0) is 48.0. The molecule has 1 spiro atoms. The summed E-state index contributed by atoms with van der Waals surface area (Å²) in [5.41, 5.74) is 24.0. The molecule has 0 saturated carbocycles. The third-order valence-corrected chi connectivity index (χ3v) is 15.8. The van der Waals surface area contributed by atoms with Crippen LogP contribution in [0.2, 0.25) is 0 Å². The van der Waals surface area contributed by atoms with Gasteiger partial charge < -0.3 is 9.47 Å². The number of nitrogens with zero attached hydrogens (tertiary/aromatic N) is 2. The Morgan fingerprint density at radius 1 is 0.288 bits per heavy atom. The van der Waals surface area contributed by atoms with Crippen LogP contribution in [0, 0.1) is 0 Å². The molecule has 340 valence electrons. The highest BCUT2D eigenvalue weighted by Crippen LogP contribution is 2.61. The maximum Gasteiger partial charge on any atom is 0.0754 e. The molecule has 0 saturated heterocycles. The van der Waals surface area contributed by atoms with Gasteiger partial charge in [-0.25, -0.2) is 0 Å². The van der Waals surface area contributed by atoms with Crippen LogP contribution in [-0.4, -0.2) is 4.57 Å². The predicted molar refractivity (Wildman–Crippen MR) is 306 cm³/mol. The molecule has 0 fully saturated rings. The van der Waals surface area contributed by atoms with Crippen molar-refractivity contribution in [3.63, 3.8) is 0 Å². The van der Waals surface area contributed by atoms with Crippen LogP contribution >= 0.6 is 0 Å². The van der Waals surface area contributed by atoms with Crippen LogP contribution < -0.4 is 4.90 Å². The average molecular weight is 927 g/mol. The topological polar surface area (TPSA) is 8.17 Å². The van der Waals surface area contributed by atoms with Gasteiger partial charge in [0.2, 0.25) is 0 Å². The highest BCUT2D eigenvalue weighted by molar-refractivity contribution is 6.13. The molecule has 15 rings (SSSR count). The van der Waals surface area contributed by atoms with Crippen molar-refractivity contribution in [3.8, 4) is 61.3 Å². The van der Waals surface area contributed by atoms with E-state index in [1.165, 1.54) is 105 Å². The average Bonchev–Trinajstić information content (AvgIpc) is 3.96. The first-order valence-electron chi connectivity index (χ1n) is 25.3. The number of para-hydroxylation sites is 4. The van der Waals surface area contributed by atoms with Crippen LogP contribution in [0.5, 0.6) is 0 Å². The number of rotatable bonds is 7. The van der Waals surface area contributed by atoms with Crippen molar-refractivity contribution in [3.05, 3.63) is 301 Å². The van der Waals surface area contributed by atoms with E-state index in [-0.39, 0.29) is 0 Å². The van der Waals surface area contributed by atoms with Gasteiger partial charge in [-0.1, -0.05) is 231 Å². The van der Waals surface area contributed by atoms with E-state index >= 15 is 0 Å². The maximum atomic E-state index is 2.52. The highest BCUT2D eigenvalue weighted by atomic mass is 15.1. The molecule has 0 amide bonds. The van der Waals surface area contributed by atoms with Gasteiger partial charge in [-0.2, -0.15) is 0 Å². The molecule has 12 aromatic carbocycles. The van der Waals surface area contributed by atoms with Crippen LogP contribution in [0.15, 0.2) is 279 Å². The molecule has 2 aliphatic rings. The molecule has 2 heteroatoms. The summed E-state index contributed by atoms with van der Waals surface area (Å²) >= 11 is 0. The van der Waals surface area contributed by atoms with Crippen molar-refractivity contribution in [2.75, 3.05) is 4.90 Å². The van der Waals surface area contributed by atoms with Crippen molar-refractivity contribution in [1.82, 2.24) is 4.57 Å². The minimum atomic E-state index is -0.514. The lowest BCUT2D eigenvalue weighted by Crippen LogP contribution is -2.33. The fourth-order valence-corrected chi connectivity index (χ4v) is 12.6. The Morgan fingerprint density at radius 2 is 0.795 bits per heavy atom. The summed E-state index contributed by atoms with van der Waals surface area (Å²) in [5.74, 6) is 0. The summed E-state index contributed by atoms with van der Waals surface area (Å²) < 4.78 is 2.52. The molecular weight excluding hydrogens is 881 g/mol. The highest BCUT2D eigenvalue weighted by Gasteiger charge is 2.50. The zero-order valence-electron chi connectivity index (χ0n) is 40.0. The van der Waals surface area contributed by atoms with E-state index in [1.54, 1.807) is 0 Å². The zero-order valence-corrected chi connectivity index (χ0v) is 40.0. The first-order chi connectivity index (χ1) is 36.2. The van der Waals surface area contributed by atoms with Gasteiger partial charge >= 0.3 is 0 Å². The third kappa shape index (κ3) is 6.17. The smallest absolute Gasteiger partial charge is 0.0754 e. The van der Waals surface area contributed by atoms with E-state index < -0.39 is 5.41 Å². The van der Waals surface area contributed by atoms with E-state index in [1.807, 2.05) is 0 Å². The largest absolute Gasteiger partial charge is 0.310 e. The Bertz CT molecular complexity index is 4290. The Kier molecular flexibility index (Phi) is 9.21. The maximum absolute atomic E-state index is 2.52. The van der Waals surface area contributed by atoms with Gasteiger partial charge in [0.1, 0.15) is 0 Å². The van der Waals surface area contributed by atoms with Crippen molar-refractivity contribution < 1.29 is 0 Å². The van der Waals surface area contributed by atoms with Crippen LogP contribution in [0.1, 0.15) is 22.3 Å². The normalized spacial score (nSPS) is 14.1. The fraction of sp³-hybridized carbons (Fsp3) is 0.0141. The quantitative estimate of drug-likeness (QED) is 0.155. The number of benzene rings is 12. The monoisotopic (exact) mass is 926 g/mol. The number of hydrogen-bond acceptors (Lipinski definition) is 1. The Balaban J connectivity index is 0.875. The van der Waals surface area contributed by atoms with Crippen molar-refractivity contribution in [1.29, 1.82) is 0 Å². The second kappa shape index (κ2) is 16.3. The number of aromatic nitrogens is 1. The van der Waals surface area contributed by atoms with Gasteiger partial charge in [0.15, 0.2) is 0 Å². The lowest BCUT2D eigenvalue weighted by Gasteiger charge is -2.39. The molecule has 13 aromatic rings. The van der Waals surface area contributed by atoms with E-state index in [4.69, 9.17) is 0 Å². The number of hydrogen-bond donors (Lipinski definition) is 0. The molecule has 0 bridgehead atoms. The summed E-state index contributed by atoms with van der Waals surface area (Å²) in [4.78, 5) is 2.42. The lowest BCUT2D eigenvalue weighted by molar-refractivity contribution is 0.749. The molecule has 0 N–H and O–H groups in total. The molecule has 1 aromatic heterocycles. The van der Waals surface area contributed by atoms with Gasteiger partial charge in [-0.15, -0.1) is 0 Å². The first kappa shape index (κ1) is 41.3. The molecular formula is C71H46N2. The summed E-state index contributed by atoms with van der Waals surface area (Å²) in [6.07, 6.45) is 0. The summed E-state index contributed by atoms with van der Waals surface area (Å²) in [6, 6.07) is 103. The van der Waals surface area contributed by atoms with Crippen molar-refractivity contribution in [2.24, 2.45) is 0 Å². The summed E-state index contributed by atoms with van der Waals surface area (Å²) in [5, 5.41) is 5.07. The fourth-order valence-electron chi connectivity index (χ4n) is 12.6. The van der Waals surface area contributed by atoms with Gasteiger partial charge in [-0.3, -0.25) is 0 Å². The van der Waals surface area contributed by atoms with Gasteiger partial charge in [0, 0.05) is 27.7 Å². The van der Waals surface area contributed by atoms with Crippen LogP contribution in [0.3, 0.4) is 0 Å². The number of fused-ring (bicyclic) bond motifs is 13. The second-order valence-electron chi connectivity index (χ2n) is 19.5. The Hall–Kier alpha value is -9.50. The molecule has 0 radical (unpaired) electrons. The SMILES string of the molecule is c1ccc(-c2ccc(-c3ccccc3N(c3ccc(-c4ccc5c(c4)C4(c6ccccc6-5)c5ccccc5-n5c6ccccc6c6cccc4c65)cc3)c3ccc(-c4cccc5ccccc45)cc3)cc2)cc1. The van der Waals surface area contributed by atoms with Gasteiger partial charge in [-0.05, 0) is 132 Å². The molecule has 2 nitrogen and oxygen atoms in total. The number of anilines is 3. The molecule has 1 unspecified atom stereocenters. The standard InChI is InChI=1S/C71H46N2/c1-2-16-47(17-3-1)48-32-34-52(35-33-48)58-21-7-11-29-67(58)72(55-43-38-51(39-44-55)57-24-14-19-50-18-4-5-20-56(50)57)54-41-36-49(37-42-54)53-40-45-60-59-22-6-9-26-63(59)71(66(60)46-53)64-27-10-13-31-69(64)73-68-30-12-8-23-61(68)62-25-15-28-65(71)70(62)73/h1-46H. The second-order valence-corrected chi connectivity index (χ2v) is 19.5. The molecule has 1 aliphatic heterocycles. The van der Waals surface area contributed by atoms with E-state index in [0.29, 0.717) is 0 Å². The van der Waals surface area contributed by atoms with Crippen LogP contribution in [-0.2, 0) is 5.41 Å². The van der Waals surface area contributed by atoms with Crippen molar-refractivity contribution in [2.45, 2.75) is 5.41 Å². The third-order valence-electron chi connectivity index (χ3n) is 15.8. The Labute approximate surface area is 425 Å². The minimum absolute atomic E-state index is 0.514. The molecule has 1 aliphatic carbocycles. The van der Waals surface area contributed by atoms with Crippen LogP contribution in [0.25, 0.3) is 93.9 Å².